The number of carbonyl (C=O) groups excluding carboxylic acids is 1. The molecule has 0 radical (unpaired) electrons. The lowest BCUT2D eigenvalue weighted by atomic mass is 9.75. The number of benzene rings is 5. The van der Waals surface area contributed by atoms with Gasteiger partial charge in [-0.2, -0.15) is 0 Å². The number of ether oxygens (including phenoxy) is 1. The van der Waals surface area contributed by atoms with E-state index >= 15 is 4.79 Å². The zero-order valence-electron chi connectivity index (χ0n) is 21.3. The number of hydrogen-bond acceptors (Lipinski definition) is 2. The van der Waals surface area contributed by atoms with Crippen LogP contribution in [0.2, 0.25) is 0 Å². The number of rotatable bonds is 5. The minimum absolute atomic E-state index is 0.0590. The fraction of sp³-hybridized carbons (Fsp3) is 0.0541. The highest BCUT2D eigenvalue weighted by Crippen LogP contribution is 2.64. The van der Waals surface area contributed by atoms with E-state index in [0.717, 1.165) is 39.0 Å². The molecule has 0 amide bonds. The van der Waals surface area contributed by atoms with Gasteiger partial charge in [-0.15, -0.1) is 0 Å². The van der Waals surface area contributed by atoms with E-state index in [4.69, 9.17) is 4.74 Å². The lowest BCUT2D eigenvalue weighted by Crippen LogP contribution is -2.45. The molecule has 0 fully saturated rings. The van der Waals surface area contributed by atoms with Crippen LogP contribution in [0, 0.1) is 0 Å². The summed E-state index contributed by atoms with van der Waals surface area (Å²) in [6, 6.07) is 50.8. The van der Waals surface area contributed by atoms with Gasteiger partial charge in [0.05, 0.1) is 0 Å². The molecule has 39 heavy (non-hydrogen) atoms. The summed E-state index contributed by atoms with van der Waals surface area (Å²) in [6.45, 7) is 0. The standard InChI is InChI=1S/C37H26O2/c38-35-32(27-16-6-1-7-17-27)26-36(30-22-12-4-13-23-30)33(28-18-8-2-9-19-28)34(29-20-10-3-11-21-29)37(35,39-36)31-24-14-5-15-25-31/h1-26H/t36-,37+/m1/s1. The Morgan fingerprint density at radius 2 is 0.846 bits per heavy atom. The zero-order valence-corrected chi connectivity index (χ0v) is 21.3. The number of carbonyl (C=O) groups is 1. The maximum atomic E-state index is 15.0. The largest absolute Gasteiger partial charge is 0.337 e. The first-order chi connectivity index (χ1) is 19.2. The number of fused-ring (bicyclic) bond motifs is 2. The van der Waals surface area contributed by atoms with Gasteiger partial charge in [-0.1, -0.05) is 152 Å². The highest BCUT2D eigenvalue weighted by molar-refractivity contribution is 6.33. The molecule has 2 nitrogen and oxygen atoms in total. The van der Waals surface area contributed by atoms with Crippen LogP contribution in [0.15, 0.2) is 158 Å². The Bertz CT molecular complexity index is 1710. The molecule has 0 aromatic heterocycles. The van der Waals surface area contributed by atoms with Gasteiger partial charge in [-0.25, -0.2) is 0 Å². The first-order valence-corrected chi connectivity index (χ1v) is 13.2. The first kappa shape index (κ1) is 23.3. The van der Waals surface area contributed by atoms with Gasteiger partial charge >= 0.3 is 0 Å². The predicted octanol–water partition coefficient (Wildman–Crippen LogP) is 8.08. The Labute approximate surface area is 228 Å². The van der Waals surface area contributed by atoms with Crippen molar-refractivity contribution in [1.82, 2.24) is 0 Å². The quantitative estimate of drug-likeness (QED) is 0.243. The van der Waals surface area contributed by atoms with Crippen LogP contribution in [0.25, 0.3) is 16.7 Å². The summed E-state index contributed by atoms with van der Waals surface area (Å²) in [6.07, 6.45) is 2.06. The summed E-state index contributed by atoms with van der Waals surface area (Å²) in [5, 5.41) is 0. The van der Waals surface area contributed by atoms with Crippen molar-refractivity contribution in [2.75, 3.05) is 0 Å². The Hall–Kier alpha value is -4.79. The lowest BCUT2D eigenvalue weighted by molar-refractivity contribution is -0.142. The molecular formula is C37H26O2. The summed E-state index contributed by atoms with van der Waals surface area (Å²) in [7, 11) is 0. The average molecular weight is 503 g/mol. The van der Waals surface area contributed by atoms with Crippen molar-refractivity contribution in [1.29, 1.82) is 0 Å². The first-order valence-electron chi connectivity index (χ1n) is 13.2. The third-order valence-corrected chi connectivity index (χ3v) is 7.79. The molecule has 5 aromatic carbocycles. The van der Waals surface area contributed by atoms with Crippen LogP contribution in [0.4, 0.5) is 0 Å². The van der Waals surface area contributed by atoms with Crippen molar-refractivity contribution >= 4 is 22.5 Å². The van der Waals surface area contributed by atoms with Gasteiger partial charge in [0.1, 0.15) is 5.60 Å². The second-order valence-corrected chi connectivity index (χ2v) is 9.99. The van der Waals surface area contributed by atoms with Gasteiger partial charge in [0.25, 0.3) is 0 Å². The monoisotopic (exact) mass is 502 g/mol. The molecule has 0 spiro atoms. The molecule has 0 unspecified atom stereocenters. The molecule has 2 heteroatoms. The van der Waals surface area contributed by atoms with E-state index in [1.54, 1.807) is 0 Å². The molecule has 5 aromatic rings. The Kier molecular flexibility index (Phi) is 5.50. The minimum atomic E-state index is -1.34. The molecule has 2 bridgehead atoms. The van der Waals surface area contributed by atoms with Gasteiger partial charge < -0.3 is 4.74 Å². The second kappa shape index (κ2) is 9.20. The van der Waals surface area contributed by atoms with Gasteiger partial charge in [0, 0.05) is 16.7 Å². The third kappa shape index (κ3) is 3.49. The zero-order chi connectivity index (χ0) is 26.3. The van der Waals surface area contributed by atoms with Crippen molar-refractivity contribution in [2.24, 2.45) is 0 Å². The average Bonchev–Trinajstić information content (AvgIpc) is 3.30. The van der Waals surface area contributed by atoms with Crippen LogP contribution in [-0.4, -0.2) is 5.78 Å². The van der Waals surface area contributed by atoms with Gasteiger partial charge in [0.2, 0.25) is 5.78 Å². The van der Waals surface area contributed by atoms with Gasteiger partial charge in [-0.05, 0) is 33.9 Å². The number of ketones is 1. The summed E-state index contributed by atoms with van der Waals surface area (Å²) >= 11 is 0. The fourth-order valence-electron chi connectivity index (χ4n) is 6.15. The van der Waals surface area contributed by atoms with Crippen LogP contribution in [-0.2, 0) is 20.7 Å². The predicted molar refractivity (Wildman–Crippen MR) is 156 cm³/mol. The van der Waals surface area contributed by atoms with Crippen molar-refractivity contribution in [2.45, 2.75) is 11.2 Å². The fourth-order valence-corrected chi connectivity index (χ4v) is 6.15. The van der Waals surface area contributed by atoms with Gasteiger partial charge in [0.15, 0.2) is 5.60 Å². The molecule has 0 saturated heterocycles. The van der Waals surface area contributed by atoms with Crippen molar-refractivity contribution in [3.8, 4) is 0 Å². The van der Waals surface area contributed by atoms with Crippen LogP contribution in [0.1, 0.15) is 27.8 Å². The molecule has 186 valence electrons. The number of Topliss-reactive ketones (excluding diaryl/α,β-unsaturated/α-hetero) is 1. The van der Waals surface area contributed by atoms with Crippen LogP contribution < -0.4 is 0 Å². The molecule has 0 saturated carbocycles. The third-order valence-electron chi connectivity index (χ3n) is 7.79. The normalized spacial score (nSPS) is 22.1. The Balaban J connectivity index is 1.68. The smallest absolute Gasteiger partial charge is 0.204 e. The Morgan fingerprint density at radius 1 is 0.436 bits per heavy atom. The van der Waals surface area contributed by atoms with E-state index in [-0.39, 0.29) is 5.78 Å². The Morgan fingerprint density at radius 3 is 1.36 bits per heavy atom. The SMILES string of the molecule is O=C1C(c2ccccc2)=C[C@]2(c3ccccc3)O[C@@]1(c1ccccc1)C(c1ccccc1)=C2c1ccccc1. The van der Waals surface area contributed by atoms with Crippen molar-refractivity contribution in [3.63, 3.8) is 0 Å². The summed E-state index contributed by atoms with van der Waals surface area (Å²) in [5.74, 6) is -0.0590. The van der Waals surface area contributed by atoms with Crippen molar-refractivity contribution in [3.05, 3.63) is 186 Å². The highest BCUT2D eigenvalue weighted by Gasteiger charge is 2.63. The topological polar surface area (TPSA) is 26.3 Å². The molecule has 2 aliphatic heterocycles. The van der Waals surface area contributed by atoms with Crippen LogP contribution in [0.3, 0.4) is 0 Å². The van der Waals surface area contributed by atoms with E-state index in [9.17, 15) is 0 Å². The van der Waals surface area contributed by atoms with Gasteiger partial charge in [-0.3, -0.25) is 4.79 Å². The summed E-state index contributed by atoms with van der Waals surface area (Å²) < 4.78 is 7.34. The van der Waals surface area contributed by atoms with Crippen LogP contribution >= 0.6 is 0 Å². The van der Waals surface area contributed by atoms with E-state index in [1.165, 1.54) is 0 Å². The number of hydrogen-bond donors (Lipinski definition) is 0. The molecule has 7 rings (SSSR count). The van der Waals surface area contributed by atoms with E-state index < -0.39 is 11.2 Å². The minimum Gasteiger partial charge on any atom is -0.337 e. The molecule has 2 heterocycles. The van der Waals surface area contributed by atoms with E-state index in [2.05, 4.69) is 42.5 Å². The lowest BCUT2D eigenvalue weighted by Gasteiger charge is -2.41. The molecule has 2 atom stereocenters. The maximum Gasteiger partial charge on any atom is 0.204 e. The summed E-state index contributed by atoms with van der Waals surface area (Å²) in [5.41, 5.74) is 4.87. The van der Waals surface area contributed by atoms with Crippen molar-refractivity contribution < 1.29 is 9.53 Å². The molecule has 2 aliphatic rings. The molecule has 0 aliphatic carbocycles. The van der Waals surface area contributed by atoms with E-state index in [1.807, 2.05) is 115 Å². The second-order valence-electron chi connectivity index (χ2n) is 9.99. The van der Waals surface area contributed by atoms with E-state index in [0.29, 0.717) is 5.57 Å². The summed E-state index contributed by atoms with van der Waals surface area (Å²) in [4.78, 5) is 15.0. The molecule has 0 N–H and O–H groups in total. The molecular weight excluding hydrogens is 476 g/mol. The highest BCUT2D eigenvalue weighted by atomic mass is 16.5. The maximum absolute atomic E-state index is 15.0. The van der Waals surface area contributed by atoms with Crippen LogP contribution in [0.5, 0.6) is 0 Å².